The van der Waals surface area contributed by atoms with Gasteiger partial charge < -0.3 is 10.6 Å². The van der Waals surface area contributed by atoms with Crippen molar-refractivity contribution in [2.45, 2.75) is 36.1 Å². The first kappa shape index (κ1) is 28.6. The van der Waals surface area contributed by atoms with Gasteiger partial charge in [-0.05, 0) is 60.4 Å². The molecule has 0 aliphatic heterocycles. The zero-order valence-corrected chi connectivity index (χ0v) is 22.7. The standard InChI is InChI=1S/C27H22F4N4O4S2/c28-22-10-4-17(12-32-22)16-3-9-20-21(11-16)40-26(35-20)24(25(37)33-13-23(36)34-19-7-8-19)41(38,39)14-15-1-5-18(6-2-15)27(29,30)31/h1-6,9-12,19,24H,7-8,13-14H2,(H,33,37)(H,34,36). The van der Waals surface area contributed by atoms with Gasteiger partial charge >= 0.3 is 6.18 Å². The highest BCUT2D eigenvalue weighted by molar-refractivity contribution is 7.91. The van der Waals surface area contributed by atoms with Crippen molar-refractivity contribution in [1.29, 1.82) is 0 Å². The third-order valence-corrected chi connectivity index (χ3v) is 9.43. The minimum absolute atomic E-state index is 0.0355. The van der Waals surface area contributed by atoms with Gasteiger partial charge in [0.05, 0.1) is 28.1 Å². The first-order valence-corrected chi connectivity index (χ1v) is 14.9. The lowest BCUT2D eigenvalue weighted by molar-refractivity contribution is -0.137. The molecule has 1 atom stereocenters. The molecule has 2 amide bonds. The molecule has 0 radical (unpaired) electrons. The molecule has 5 rings (SSSR count). The fourth-order valence-corrected chi connectivity index (χ4v) is 7.25. The van der Waals surface area contributed by atoms with Crippen LogP contribution in [0.5, 0.6) is 0 Å². The topological polar surface area (TPSA) is 118 Å². The summed E-state index contributed by atoms with van der Waals surface area (Å²) < 4.78 is 79.9. The number of fused-ring (bicyclic) bond motifs is 1. The minimum atomic E-state index is -4.59. The average molecular weight is 607 g/mol. The van der Waals surface area contributed by atoms with Crippen LogP contribution in [0.15, 0.2) is 60.8 Å². The third kappa shape index (κ3) is 6.88. The Morgan fingerprint density at radius 1 is 1.02 bits per heavy atom. The van der Waals surface area contributed by atoms with Crippen LogP contribution in [-0.4, -0.2) is 42.8 Å². The SMILES string of the molecule is O=C(CNC(=O)C(c1nc2ccc(-c3ccc(F)nc3)cc2s1)S(=O)(=O)Cc1ccc(C(F)(F)F)cc1)NC1CC1. The summed E-state index contributed by atoms with van der Waals surface area (Å²) in [6.07, 6.45) is -1.60. The summed E-state index contributed by atoms with van der Waals surface area (Å²) in [5, 5.41) is 3.16. The van der Waals surface area contributed by atoms with Crippen molar-refractivity contribution >= 4 is 43.2 Å². The molecule has 14 heteroatoms. The second-order valence-electron chi connectivity index (χ2n) is 9.55. The number of nitrogens with zero attached hydrogens (tertiary/aromatic N) is 2. The minimum Gasteiger partial charge on any atom is -0.352 e. The lowest BCUT2D eigenvalue weighted by Crippen LogP contribution is -2.41. The molecule has 8 nitrogen and oxygen atoms in total. The van der Waals surface area contributed by atoms with E-state index in [1.54, 1.807) is 18.2 Å². The largest absolute Gasteiger partial charge is 0.416 e. The molecule has 2 aromatic heterocycles. The maximum atomic E-state index is 13.6. The van der Waals surface area contributed by atoms with Crippen molar-refractivity contribution in [2.75, 3.05) is 6.54 Å². The summed E-state index contributed by atoms with van der Waals surface area (Å²) in [7, 11) is -4.38. The number of hydrogen-bond donors (Lipinski definition) is 2. The van der Waals surface area contributed by atoms with Crippen LogP contribution in [-0.2, 0) is 31.4 Å². The second-order valence-corrected chi connectivity index (χ2v) is 12.7. The Labute approximate surface area is 235 Å². The smallest absolute Gasteiger partial charge is 0.352 e. The van der Waals surface area contributed by atoms with Crippen LogP contribution in [0.1, 0.15) is 34.2 Å². The number of sulfone groups is 1. The average Bonchev–Trinajstić information content (AvgIpc) is 3.62. The van der Waals surface area contributed by atoms with E-state index < -0.39 is 56.9 Å². The van der Waals surface area contributed by atoms with Crippen LogP contribution in [0, 0.1) is 5.95 Å². The Balaban J connectivity index is 1.46. The highest BCUT2D eigenvalue weighted by atomic mass is 32.2. The fraction of sp³-hybridized carbons (Fsp3) is 0.259. The van der Waals surface area contributed by atoms with Crippen molar-refractivity contribution in [1.82, 2.24) is 20.6 Å². The van der Waals surface area contributed by atoms with Gasteiger partial charge in [-0.25, -0.2) is 18.4 Å². The van der Waals surface area contributed by atoms with Crippen LogP contribution < -0.4 is 10.6 Å². The quantitative estimate of drug-likeness (QED) is 0.213. The van der Waals surface area contributed by atoms with Gasteiger partial charge in [-0.15, -0.1) is 11.3 Å². The lowest BCUT2D eigenvalue weighted by Gasteiger charge is -2.16. The Kier molecular flexibility index (Phi) is 7.79. The Hall–Kier alpha value is -3.91. The number of alkyl halides is 3. The number of carbonyl (C=O) groups excluding carboxylic acids is 2. The van der Waals surface area contributed by atoms with E-state index in [1.807, 2.05) is 0 Å². The molecular weight excluding hydrogens is 584 g/mol. The Morgan fingerprint density at radius 2 is 1.73 bits per heavy atom. The van der Waals surface area contributed by atoms with Crippen molar-refractivity contribution < 1.29 is 35.6 Å². The number of aromatic nitrogens is 2. The summed E-state index contributed by atoms with van der Waals surface area (Å²) in [6, 6.07) is 11.4. The number of halogens is 4. The number of pyridine rings is 1. The summed E-state index contributed by atoms with van der Waals surface area (Å²) in [5.74, 6) is -2.83. The summed E-state index contributed by atoms with van der Waals surface area (Å²) >= 11 is 0.949. The van der Waals surface area contributed by atoms with E-state index in [-0.39, 0.29) is 16.6 Å². The Bertz CT molecular complexity index is 1700. The highest BCUT2D eigenvalue weighted by Gasteiger charge is 2.38. The molecule has 41 heavy (non-hydrogen) atoms. The van der Waals surface area contributed by atoms with E-state index >= 15 is 0 Å². The van der Waals surface area contributed by atoms with Gasteiger partial charge in [0.15, 0.2) is 15.1 Å². The van der Waals surface area contributed by atoms with Crippen LogP contribution >= 0.6 is 11.3 Å². The molecule has 2 heterocycles. The molecule has 214 valence electrons. The molecule has 1 aliphatic rings. The number of benzene rings is 2. The fourth-order valence-electron chi connectivity index (χ4n) is 4.08. The van der Waals surface area contributed by atoms with Crippen molar-refractivity contribution in [2.24, 2.45) is 0 Å². The molecule has 2 N–H and O–H groups in total. The normalized spacial score (nSPS) is 14.5. The molecule has 0 saturated heterocycles. The van der Waals surface area contributed by atoms with Crippen LogP contribution in [0.2, 0.25) is 0 Å². The summed E-state index contributed by atoms with van der Waals surface area (Å²) in [4.78, 5) is 33.4. The maximum absolute atomic E-state index is 13.6. The molecule has 0 spiro atoms. The zero-order chi connectivity index (χ0) is 29.4. The van der Waals surface area contributed by atoms with Gasteiger partial charge in [0.25, 0.3) is 0 Å². The molecule has 2 aromatic carbocycles. The van der Waals surface area contributed by atoms with Crippen molar-refractivity contribution in [3.8, 4) is 11.1 Å². The number of amides is 2. The number of rotatable bonds is 9. The molecular formula is C27H22F4N4O4S2. The predicted molar refractivity (Wildman–Crippen MR) is 144 cm³/mol. The number of hydrogen-bond acceptors (Lipinski definition) is 7. The summed E-state index contributed by atoms with van der Waals surface area (Å²) in [5.41, 5.74) is 0.778. The van der Waals surface area contributed by atoms with Gasteiger partial charge in [0.1, 0.15) is 5.01 Å². The van der Waals surface area contributed by atoms with Gasteiger partial charge in [-0.3, -0.25) is 9.59 Å². The van der Waals surface area contributed by atoms with Crippen LogP contribution in [0.4, 0.5) is 17.6 Å². The lowest BCUT2D eigenvalue weighted by atomic mass is 10.1. The van der Waals surface area contributed by atoms with E-state index in [9.17, 15) is 35.6 Å². The molecule has 1 aliphatic carbocycles. The van der Waals surface area contributed by atoms with Gasteiger partial charge in [-0.1, -0.05) is 18.2 Å². The Morgan fingerprint density at radius 3 is 2.37 bits per heavy atom. The van der Waals surface area contributed by atoms with E-state index in [2.05, 4.69) is 20.6 Å². The first-order chi connectivity index (χ1) is 19.4. The van der Waals surface area contributed by atoms with E-state index in [0.717, 1.165) is 48.4 Å². The number of carbonyl (C=O) groups is 2. The second kappa shape index (κ2) is 11.2. The van der Waals surface area contributed by atoms with E-state index in [0.29, 0.717) is 21.3 Å². The van der Waals surface area contributed by atoms with Crippen molar-refractivity contribution in [3.63, 3.8) is 0 Å². The number of nitrogens with one attached hydrogen (secondary N) is 2. The number of thiazole rings is 1. The van der Waals surface area contributed by atoms with Crippen LogP contribution in [0.3, 0.4) is 0 Å². The molecule has 1 fully saturated rings. The maximum Gasteiger partial charge on any atom is 0.416 e. The van der Waals surface area contributed by atoms with E-state index in [4.69, 9.17) is 0 Å². The van der Waals surface area contributed by atoms with E-state index in [1.165, 1.54) is 18.3 Å². The van der Waals surface area contributed by atoms with Gasteiger partial charge in [-0.2, -0.15) is 17.6 Å². The summed E-state index contributed by atoms with van der Waals surface area (Å²) in [6.45, 7) is -0.450. The third-order valence-electron chi connectivity index (χ3n) is 6.30. The monoisotopic (exact) mass is 606 g/mol. The molecule has 0 bridgehead atoms. The highest BCUT2D eigenvalue weighted by Crippen LogP contribution is 2.35. The zero-order valence-electron chi connectivity index (χ0n) is 21.1. The molecule has 1 saturated carbocycles. The van der Waals surface area contributed by atoms with Gasteiger partial charge in [0, 0.05) is 17.8 Å². The first-order valence-electron chi connectivity index (χ1n) is 12.4. The van der Waals surface area contributed by atoms with Crippen molar-refractivity contribution in [3.05, 3.63) is 82.9 Å². The molecule has 1 unspecified atom stereocenters. The molecule has 4 aromatic rings. The van der Waals surface area contributed by atoms with Gasteiger partial charge in [0.2, 0.25) is 17.8 Å². The predicted octanol–water partition coefficient (Wildman–Crippen LogP) is 4.57. The van der Waals surface area contributed by atoms with Crippen LogP contribution in [0.25, 0.3) is 21.3 Å².